The van der Waals surface area contributed by atoms with E-state index in [-0.39, 0.29) is 12.6 Å². The Bertz CT molecular complexity index is 618. The molecule has 18 heavy (non-hydrogen) atoms. The Morgan fingerprint density at radius 1 is 1.50 bits per heavy atom. The Kier molecular flexibility index (Phi) is 3.02. The molecule has 2 rings (SSSR count). The fourth-order valence-corrected chi connectivity index (χ4v) is 3.08. The van der Waals surface area contributed by atoms with Gasteiger partial charge in [0, 0.05) is 14.1 Å². The molecular weight excluding hydrogens is 252 g/mol. The van der Waals surface area contributed by atoms with Gasteiger partial charge in [-0.15, -0.1) is 0 Å². The highest BCUT2D eigenvalue weighted by Gasteiger charge is 2.35. The number of nitrogens with zero attached hydrogens (tertiary/aromatic N) is 3. The minimum absolute atomic E-state index is 0.199. The van der Waals surface area contributed by atoms with Gasteiger partial charge in [0.05, 0.1) is 29.9 Å². The normalized spacial score (nSPS) is 18.8. The molecule has 0 saturated heterocycles. The topological polar surface area (TPSA) is 90.4 Å². The Morgan fingerprint density at radius 2 is 2.17 bits per heavy atom. The molecule has 1 atom stereocenters. The number of fused-ring (bicyclic) bond motifs is 1. The number of hydrogen-bond acceptors (Lipinski definition) is 4. The second-order valence-corrected chi connectivity index (χ2v) is 6.38. The molecule has 0 saturated carbocycles. The van der Waals surface area contributed by atoms with E-state index in [4.69, 9.17) is 11.0 Å². The van der Waals surface area contributed by atoms with Crippen molar-refractivity contribution in [2.45, 2.75) is 6.04 Å². The predicted molar refractivity (Wildman–Crippen MR) is 68.0 cm³/mol. The Labute approximate surface area is 106 Å². The summed E-state index contributed by atoms with van der Waals surface area (Å²) in [5.41, 5.74) is 7.58. The molecule has 7 heteroatoms. The lowest BCUT2D eigenvalue weighted by Gasteiger charge is -2.23. The molecule has 1 aliphatic rings. The number of hydrogen-bond donors (Lipinski definition) is 1. The fraction of sp³-hybridized carbons (Fsp3) is 0.364. The summed E-state index contributed by atoms with van der Waals surface area (Å²) in [4.78, 5) is 0. The molecular formula is C11H14N4O2S. The number of anilines is 1. The minimum atomic E-state index is -3.57. The SMILES string of the molecule is CN(C)S(=O)(=O)N1C[C@@H](N)c2ccc(C#N)cc21. The Balaban J connectivity index is 2.57. The molecule has 1 heterocycles. The quantitative estimate of drug-likeness (QED) is 0.827. The van der Waals surface area contributed by atoms with E-state index in [0.717, 1.165) is 9.87 Å². The van der Waals surface area contributed by atoms with Gasteiger partial charge in [-0.3, -0.25) is 4.31 Å². The van der Waals surface area contributed by atoms with Crippen LogP contribution in [0, 0.1) is 11.3 Å². The van der Waals surface area contributed by atoms with E-state index in [9.17, 15) is 8.42 Å². The van der Waals surface area contributed by atoms with Gasteiger partial charge in [-0.05, 0) is 17.7 Å². The smallest absolute Gasteiger partial charge is 0.303 e. The van der Waals surface area contributed by atoms with Gasteiger partial charge in [0.25, 0.3) is 0 Å². The molecule has 0 aromatic heterocycles. The van der Waals surface area contributed by atoms with Crippen molar-refractivity contribution in [3.8, 4) is 6.07 Å². The Hall–Kier alpha value is -1.62. The lowest BCUT2D eigenvalue weighted by Crippen LogP contribution is -2.40. The van der Waals surface area contributed by atoms with E-state index >= 15 is 0 Å². The molecule has 96 valence electrons. The average molecular weight is 266 g/mol. The standard InChI is InChI=1S/C11H14N4O2S/c1-14(2)18(16,17)15-7-10(13)9-4-3-8(6-12)5-11(9)15/h3-5,10H,7,13H2,1-2H3/t10-/m1/s1. The van der Waals surface area contributed by atoms with Crippen LogP contribution in [0.5, 0.6) is 0 Å². The molecule has 0 amide bonds. The first-order valence-electron chi connectivity index (χ1n) is 5.37. The van der Waals surface area contributed by atoms with E-state index in [1.165, 1.54) is 18.4 Å². The molecule has 0 fully saturated rings. The molecule has 0 bridgehead atoms. The monoisotopic (exact) mass is 266 g/mol. The summed E-state index contributed by atoms with van der Waals surface area (Å²) in [5.74, 6) is 0. The summed E-state index contributed by atoms with van der Waals surface area (Å²) in [6, 6.07) is 6.55. The maximum atomic E-state index is 12.2. The number of benzene rings is 1. The van der Waals surface area contributed by atoms with Gasteiger partial charge in [0.2, 0.25) is 0 Å². The summed E-state index contributed by atoms with van der Waals surface area (Å²) < 4.78 is 26.7. The number of nitriles is 1. The zero-order valence-corrected chi connectivity index (χ0v) is 11.0. The number of nitrogens with two attached hydrogens (primary N) is 1. The van der Waals surface area contributed by atoms with Gasteiger partial charge in [-0.2, -0.15) is 18.0 Å². The summed E-state index contributed by atoms with van der Waals surface area (Å²) in [7, 11) is -0.640. The van der Waals surface area contributed by atoms with Crippen molar-refractivity contribution in [3.05, 3.63) is 29.3 Å². The average Bonchev–Trinajstić information content (AvgIpc) is 2.66. The van der Waals surface area contributed by atoms with Crippen molar-refractivity contribution in [1.29, 1.82) is 5.26 Å². The third-order valence-corrected chi connectivity index (χ3v) is 4.76. The third kappa shape index (κ3) is 1.84. The van der Waals surface area contributed by atoms with Gasteiger partial charge in [0.1, 0.15) is 0 Å². The highest BCUT2D eigenvalue weighted by molar-refractivity contribution is 7.90. The van der Waals surface area contributed by atoms with E-state index in [1.54, 1.807) is 18.2 Å². The molecule has 0 unspecified atom stereocenters. The maximum absolute atomic E-state index is 12.2. The molecule has 1 aromatic rings. The summed E-state index contributed by atoms with van der Waals surface area (Å²) in [5, 5.41) is 8.87. The molecule has 0 spiro atoms. The van der Waals surface area contributed by atoms with E-state index in [2.05, 4.69) is 0 Å². The first kappa shape index (κ1) is 12.8. The molecule has 0 radical (unpaired) electrons. The maximum Gasteiger partial charge on any atom is 0.303 e. The van der Waals surface area contributed by atoms with Crippen molar-refractivity contribution >= 4 is 15.9 Å². The van der Waals surface area contributed by atoms with Crippen LogP contribution in [-0.2, 0) is 10.2 Å². The first-order chi connectivity index (χ1) is 8.37. The molecule has 0 aliphatic carbocycles. The van der Waals surface area contributed by atoms with Crippen LogP contribution in [0.15, 0.2) is 18.2 Å². The van der Waals surface area contributed by atoms with Gasteiger partial charge < -0.3 is 5.73 Å². The lowest BCUT2D eigenvalue weighted by atomic mass is 10.1. The zero-order chi connectivity index (χ0) is 13.5. The zero-order valence-electron chi connectivity index (χ0n) is 10.2. The number of rotatable bonds is 2. The highest BCUT2D eigenvalue weighted by Crippen LogP contribution is 2.36. The minimum Gasteiger partial charge on any atom is -0.322 e. The first-order valence-corrected chi connectivity index (χ1v) is 6.77. The van der Waals surface area contributed by atoms with Crippen LogP contribution in [0.2, 0.25) is 0 Å². The lowest BCUT2D eigenvalue weighted by molar-refractivity contribution is 0.515. The van der Waals surface area contributed by atoms with Gasteiger partial charge in [-0.25, -0.2) is 0 Å². The van der Waals surface area contributed by atoms with Crippen LogP contribution in [-0.4, -0.2) is 33.4 Å². The summed E-state index contributed by atoms with van der Waals surface area (Å²) in [6.07, 6.45) is 0. The largest absolute Gasteiger partial charge is 0.322 e. The van der Waals surface area contributed by atoms with Gasteiger partial charge in [-0.1, -0.05) is 6.07 Å². The third-order valence-electron chi connectivity index (χ3n) is 2.93. The van der Waals surface area contributed by atoms with Crippen molar-refractivity contribution < 1.29 is 8.42 Å². The van der Waals surface area contributed by atoms with Crippen LogP contribution in [0.4, 0.5) is 5.69 Å². The summed E-state index contributed by atoms with van der Waals surface area (Å²) >= 11 is 0. The van der Waals surface area contributed by atoms with E-state index in [1.807, 2.05) is 6.07 Å². The molecule has 2 N–H and O–H groups in total. The van der Waals surface area contributed by atoms with Gasteiger partial charge >= 0.3 is 10.2 Å². The second-order valence-electron chi connectivity index (χ2n) is 4.31. The Morgan fingerprint density at radius 3 is 2.72 bits per heavy atom. The summed E-state index contributed by atoms with van der Waals surface area (Å²) in [6.45, 7) is 0.199. The van der Waals surface area contributed by atoms with E-state index in [0.29, 0.717) is 11.3 Å². The van der Waals surface area contributed by atoms with E-state index < -0.39 is 10.2 Å². The van der Waals surface area contributed by atoms with Crippen molar-refractivity contribution in [2.24, 2.45) is 5.73 Å². The van der Waals surface area contributed by atoms with Crippen molar-refractivity contribution in [2.75, 3.05) is 24.9 Å². The van der Waals surface area contributed by atoms with Crippen molar-refractivity contribution in [3.63, 3.8) is 0 Å². The molecule has 1 aromatic carbocycles. The molecule has 1 aliphatic heterocycles. The van der Waals surface area contributed by atoms with Crippen LogP contribution in [0.1, 0.15) is 17.2 Å². The van der Waals surface area contributed by atoms with Crippen LogP contribution < -0.4 is 10.0 Å². The van der Waals surface area contributed by atoms with Crippen molar-refractivity contribution in [1.82, 2.24) is 4.31 Å². The second kappa shape index (κ2) is 4.24. The van der Waals surface area contributed by atoms with Gasteiger partial charge in [0.15, 0.2) is 0 Å². The van der Waals surface area contributed by atoms with Crippen LogP contribution in [0.25, 0.3) is 0 Å². The fourth-order valence-electron chi connectivity index (χ4n) is 1.93. The van der Waals surface area contributed by atoms with Crippen LogP contribution in [0.3, 0.4) is 0 Å². The predicted octanol–water partition coefficient (Wildman–Crippen LogP) is 0.184. The molecule has 6 nitrogen and oxygen atoms in total. The van der Waals surface area contributed by atoms with Crippen LogP contribution >= 0.6 is 0 Å². The highest BCUT2D eigenvalue weighted by atomic mass is 32.2.